The molecule has 5 nitrogen and oxygen atoms in total. The van der Waals surface area contributed by atoms with E-state index in [1.165, 1.54) is 6.07 Å². The quantitative estimate of drug-likeness (QED) is 0.816. The fourth-order valence-electron chi connectivity index (χ4n) is 2.99. The highest BCUT2D eigenvalue weighted by Gasteiger charge is 2.49. The van der Waals surface area contributed by atoms with Crippen LogP contribution in [0.3, 0.4) is 0 Å². The molecule has 1 aromatic carbocycles. The Hall–Kier alpha value is -2.37. The minimum Gasteiger partial charge on any atom is -0.471 e. The number of benzene rings is 1. The van der Waals surface area contributed by atoms with Crippen LogP contribution in [0.5, 0.6) is 5.88 Å². The first-order chi connectivity index (χ1) is 11.1. The largest absolute Gasteiger partial charge is 0.471 e. The van der Waals surface area contributed by atoms with Crippen LogP contribution in [0.1, 0.15) is 36.5 Å². The van der Waals surface area contributed by atoms with Gasteiger partial charge in [0.25, 0.3) is 0 Å². The molecule has 4 rings (SSSR count). The Bertz CT molecular complexity index is 780. The topological polar surface area (TPSA) is 53.3 Å². The number of aryl methyl sites for hydroxylation is 1. The molecule has 1 spiro atoms. The second-order valence-corrected chi connectivity index (χ2v) is 5.99. The average molecular weight is 316 g/mol. The van der Waals surface area contributed by atoms with Crippen molar-refractivity contribution in [2.45, 2.75) is 38.3 Å². The molecule has 2 aromatic rings. The standard InChI is InChI=1S/C17H17FN2O3/c1-2-22-16(21)13-14(11-5-3-4-6-12(11)18)19-20-10-9-17(7-8-17)23-15(13)20/h3-6H,2,7-10H2,1H3. The van der Waals surface area contributed by atoms with Crippen molar-refractivity contribution in [1.82, 2.24) is 9.78 Å². The summed E-state index contributed by atoms with van der Waals surface area (Å²) in [6.07, 6.45) is 2.83. The third-order valence-electron chi connectivity index (χ3n) is 4.41. The normalized spacial score (nSPS) is 17.5. The van der Waals surface area contributed by atoms with E-state index in [2.05, 4.69) is 5.10 Å². The van der Waals surface area contributed by atoms with Gasteiger partial charge in [-0.1, -0.05) is 12.1 Å². The zero-order valence-corrected chi connectivity index (χ0v) is 12.8. The summed E-state index contributed by atoms with van der Waals surface area (Å²) in [5.41, 5.74) is 0.632. The van der Waals surface area contributed by atoms with Crippen molar-refractivity contribution >= 4 is 5.97 Å². The van der Waals surface area contributed by atoms with Crippen molar-refractivity contribution in [3.8, 4) is 17.1 Å². The Morgan fingerprint density at radius 2 is 2.17 bits per heavy atom. The number of halogens is 1. The van der Waals surface area contributed by atoms with Gasteiger partial charge in [-0.05, 0) is 31.9 Å². The summed E-state index contributed by atoms with van der Waals surface area (Å²) in [7, 11) is 0. The van der Waals surface area contributed by atoms with Gasteiger partial charge in [-0.2, -0.15) is 5.10 Å². The molecule has 0 radical (unpaired) electrons. The molecule has 1 saturated carbocycles. The summed E-state index contributed by atoms with van der Waals surface area (Å²) in [5, 5.41) is 4.43. The van der Waals surface area contributed by atoms with E-state index in [1.54, 1.807) is 29.8 Å². The minimum absolute atomic E-state index is 0.163. The summed E-state index contributed by atoms with van der Waals surface area (Å²) in [4.78, 5) is 12.4. The molecule has 0 bridgehead atoms. The lowest BCUT2D eigenvalue weighted by Gasteiger charge is -2.24. The summed E-state index contributed by atoms with van der Waals surface area (Å²) in [5.74, 6) is -0.537. The van der Waals surface area contributed by atoms with Gasteiger partial charge in [-0.3, -0.25) is 0 Å². The molecular weight excluding hydrogens is 299 g/mol. The first-order valence-electron chi connectivity index (χ1n) is 7.85. The van der Waals surface area contributed by atoms with Crippen LogP contribution < -0.4 is 4.74 Å². The molecule has 0 N–H and O–H groups in total. The highest BCUT2D eigenvalue weighted by molar-refractivity contribution is 5.99. The fourth-order valence-corrected chi connectivity index (χ4v) is 2.99. The molecule has 0 saturated heterocycles. The second kappa shape index (κ2) is 5.08. The smallest absolute Gasteiger partial charge is 0.345 e. The summed E-state index contributed by atoms with van der Waals surface area (Å²) >= 11 is 0. The van der Waals surface area contributed by atoms with Gasteiger partial charge in [-0.25, -0.2) is 13.9 Å². The highest BCUT2D eigenvalue weighted by atomic mass is 19.1. The fraction of sp³-hybridized carbons (Fsp3) is 0.412. The number of ether oxygens (including phenoxy) is 2. The van der Waals surface area contributed by atoms with Crippen molar-refractivity contribution in [3.63, 3.8) is 0 Å². The molecule has 1 aliphatic heterocycles. The lowest BCUT2D eigenvalue weighted by Crippen LogP contribution is -2.28. The molecule has 1 fully saturated rings. The predicted octanol–water partition coefficient (Wildman–Crippen LogP) is 3.18. The lowest BCUT2D eigenvalue weighted by atomic mass is 10.1. The van der Waals surface area contributed by atoms with Gasteiger partial charge in [0.2, 0.25) is 5.88 Å². The predicted molar refractivity (Wildman–Crippen MR) is 80.8 cm³/mol. The average Bonchev–Trinajstić information content (AvgIpc) is 3.18. The SMILES string of the molecule is CCOC(=O)c1c(-c2ccccc2F)nn2c1OC1(CC2)CC1. The van der Waals surface area contributed by atoms with E-state index >= 15 is 0 Å². The first-order valence-corrected chi connectivity index (χ1v) is 7.85. The molecule has 2 heterocycles. The van der Waals surface area contributed by atoms with Gasteiger partial charge in [0, 0.05) is 18.5 Å². The number of esters is 1. The Kier molecular flexibility index (Phi) is 3.14. The Morgan fingerprint density at radius 1 is 1.39 bits per heavy atom. The molecule has 120 valence electrons. The van der Waals surface area contributed by atoms with Crippen molar-refractivity contribution in [3.05, 3.63) is 35.6 Å². The number of hydrogen-bond donors (Lipinski definition) is 0. The van der Waals surface area contributed by atoms with Gasteiger partial charge in [0.1, 0.15) is 22.7 Å². The van der Waals surface area contributed by atoms with E-state index in [4.69, 9.17) is 9.47 Å². The Morgan fingerprint density at radius 3 is 2.87 bits per heavy atom. The van der Waals surface area contributed by atoms with Crippen molar-refractivity contribution in [2.75, 3.05) is 6.61 Å². The molecular formula is C17H17FN2O3. The summed E-state index contributed by atoms with van der Waals surface area (Å²) in [6, 6.07) is 6.29. The van der Waals surface area contributed by atoms with Crippen LogP contribution in [0, 0.1) is 5.82 Å². The van der Waals surface area contributed by atoms with E-state index < -0.39 is 11.8 Å². The number of hydrogen-bond acceptors (Lipinski definition) is 4. The summed E-state index contributed by atoms with van der Waals surface area (Å²) in [6.45, 7) is 2.64. The molecule has 1 aliphatic carbocycles. The van der Waals surface area contributed by atoms with E-state index in [0.717, 1.165) is 19.3 Å². The molecule has 0 unspecified atom stereocenters. The minimum atomic E-state index is -0.523. The van der Waals surface area contributed by atoms with E-state index in [-0.39, 0.29) is 29.0 Å². The van der Waals surface area contributed by atoms with Crippen molar-refractivity contribution in [1.29, 1.82) is 0 Å². The number of carbonyl (C=O) groups excluding carboxylic acids is 1. The van der Waals surface area contributed by atoms with Gasteiger partial charge < -0.3 is 9.47 Å². The van der Waals surface area contributed by atoms with Crippen LogP contribution in [-0.2, 0) is 11.3 Å². The lowest BCUT2D eigenvalue weighted by molar-refractivity contribution is 0.0508. The van der Waals surface area contributed by atoms with E-state index in [9.17, 15) is 9.18 Å². The van der Waals surface area contributed by atoms with E-state index in [0.29, 0.717) is 12.4 Å². The van der Waals surface area contributed by atoms with Crippen LogP contribution in [-0.4, -0.2) is 28.0 Å². The van der Waals surface area contributed by atoms with E-state index in [1.807, 2.05) is 0 Å². The molecule has 1 aromatic heterocycles. The monoisotopic (exact) mass is 316 g/mol. The molecule has 6 heteroatoms. The number of nitrogens with zero attached hydrogens (tertiary/aromatic N) is 2. The third kappa shape index (κ3) is 2.29. The van der Waals surface area contributed by atoms with Gasteiger partial charge in [0.15, 0.2) is 0 Å². The van der Waals surface area contributed by atoms with Gasteiger partial charge in [-0.15, -0.1) is 0 Å². The van der Waals surface area contributed by atoms with Crippen LogP contribution in [0.25, 0.3) is 11.3 Å². The third-order valence-corrected chi connectivity index (χ3v) is 4.41. The maximum Gasteiger partial charge on any atom is 0.345 e. The maximum absolute atomic E-state index is 14.2. The van der Waals surface area contributed by atoms with Crippen molar-refractivity contribution < 1.29 is 18.7 Å². The van der Waals surface area contributed by atoms with Crippen LogP contribution in [0.4, 0.5) is 4.39 Å². The number of carbonyl (C=O) groups is 1. The van der Waals surface area contributed by atoms with Gasteiger partial charge >= 0.3 is 5.97 Å². The van der Waals surface area contributed by atoms with Crippen LogP contribution in [0.15, 0.2) is 24.3 Å². The maximum atomic E-state index is 14.2. The number of fused-ring (bicyclic) bond motifs is 1. The molecule has 0 amide bonds. The van der Waals surface area contributed by atoms with Crippen molar-refractivity contribution in [2.24, 2.45) is 0 Å². The zero-order valence-electron chi connectivity index (χ0n) is 12.8. The Labute approximate surface area is 133 Å². The zero-order chi connectivity index (χ0) is 16.0. The summed E-state index contributed by atoms with van der Waals surface area (Å²) < 4.78 is 27.0. The molecule has 23 heavy (non-hydrogen) atoms. The second-order valence-electron chi connectivity index (χ2n) is 5.99. The van der Waals surface area contributed by atoms with Crippen LogP contribution >= 0.6 is 0 Å². The molecule has 2 aliphatic rings. The van der Waals surface area contributed by atoms with Crippen LogP contribution in [0.2, 0.25) is 0 Å². The molecule has 0 atom stereocenters. The highest BCUT2D eigenvalue weighted by Crippen LogP contribution is 2.48. The van der Waals surface area contributed by atoms with Gasteiger partial charge in [0.05, 0.1) is 6.61 Å². The number of aromatic nitrogens is 2. The first kappa shape index (κ1) is 14.2. The number of rotatable bonds is 3. The Balaban J connectivity index is 1.87.